The lowest BCUT2D eigenvalue weighted by Crippen LogP contribution is -2.28. The van der Waals surface area contributed by atoms with Gasteiger partial charge in [0.1, 0.15) is 5.76 Å². The molecule has 8 nitrogen and oxygen atoms in total. The first kappa shape index (κ1) is 19.9. The van der Waals surface area contributed by atoms with Crippen molar-refractivity contribution >= 4 is 5.97 Å². The summed E-state index contributed by atoms with van der Waals surface area (Å²) in [5.74, 6) is -1.41. The first-order valence-electron chi connectivity index (χ1n) is 7.77. The van der Waals surface area contributed by atoms with Crippen molar-refractivity contribution in [3.8, 4) is 0 Å². The van der Waals surface area contributed by atoms with Gasteiger partial charge in [0.15, 0.2) is 0 Å². The SMILES string of the molecule is Cc1nnn2c1COCC(CNCc1ccco1)C2.O=C(O)C(F)(F)F. The zero-order chi connectivity index (χ0) is 19.2. The molecule has 0 amide bonds. The molecule has 1 aliphatic heterocycles. The molecule has 0 radical (unpaired) electrons. The van der Waals surface area contributed by atoms with Crippen LogP contribution in [0, 0.1) is 12.8 Å². The molecule has 0 saturated heterocycles. The molecule has 3 rings (SSSR count). The van der Waals surface area contributed by atoms with Crippen LogP contribution in [0.2, 0.25) is 0 Å². The number of hydrogen-bond donors (Lipinski definition) is 2. The molecular formula is C15H19F3N4O4. The van der Waals surface area contributed by atoms with Gasteiger partial charge in [0.05, 0.1) is 37.4 Å². The summed E-state index contributed by atoms with van der Waals surface area (Å²) in [4.78, 5) is 8.90. The average Bonchev–Trinajstić information content (AvgIpc) is 3.13. The largest absolute Gasteiger partial charge is 0.490 e. The second kappa shape index (κ2) is 8.81. The molecule has 11 heteroatoms. The van der Waals surface area contributed by atoms with Gasteiger partial charge in [-0.05, 0) is 19.1 Å². The number of aromatic nitrogens is 3. The highest BCUT2D eigenvalue weighted by Gasteiger charge is 2.38. The average molecular weight is 376 g/mol. The number of alkyl halides is 3. The zero-order valence-electron chi connectivity index (χ0n) is 14.0. The molecule has 1 atom stereocenters. The summed E-state index contributed by atoms with van der Waals surface area (Å²) < 4.78 is 44.7. The normalized spacial score (nSPS) is 17.0. The number of hydrogen-bond acceptors (Lipinski definition) is 6. The van der Waals surface area contributed by atoms with Gasteiger partial charge >= 0.3 is 12.1 Å². The van der Waals surface area contributed by atoms with Gasteiger partial charge in [-0.2, -0.15) is 13.2 Å². The Bertz CT molecular complexity index is 700. The third-order valence-electron chi connectivity index (χ3n) is 3.61. The molecule has 3 heterocycles. The van der Waals surface area contributed by atoms with E-state index in [2.05, 4.69) is 15.6 Å². The Hall–Kier alpha value is -2.40. The Balaban J connectivity index is 0.000000298. The van der Waals surface area contributed by atoms with E-state index in [0.29, 0.717) is 12.5 Å². The van der Waals surface area contributed by atoms with Crippen molar-refractivity contribution in [2.75, 3.05) is 13.2 Å². The molecular weight excluding hydrogens is 357 g/mol. The molecule has 26 heavy (non-hydrogen) atoms. The highest BCUT2D eigenvalue weighted by atomic mass is 19.4. The first-order valence-corrected chi connectivity index (χ1v) is 7.77. The minimum Gasteiger partial charge on any atom is -0.475 e. The Labute approximate surface area is 146 Å². The second-order valence-electron chi connectivity index (χ2n) is 5.70. The highest BCUT2D eigenvalue weighted by molar-refractivity contribution is 5.73. The van der Waals surface area contributed by atoms with Gasteiger partial charge in [-0.25, -0.2) is 9.48 Å². The Morgan fingerprint density at radius 3 is 2.85 bits per heavy atom. The summed E-state index contributed by atoms with van der Waals surface area (Å²) in [5, 5.41) is 18.8. The van der Waals surface area contributed by atoms with Crippen LogP contribution in [-0.4, -0.2) is 45.4 Å². The molecule has 1 aliphatic rings. The molecule has 144 valence electrons. The number of ether oxygens (including phenoxy) is 1. The predicted molar refractivity (Wildman–Crippen MR) is 82.0 cm³/mol. The van der Waals surface area contributed by atoms with Gasteiger partial charge in [-0.1, -0.05) is 5.21 Å². The topological polar surface area (TPSA) is 102 Å². The lowest BCUT2D eigenvalue weighted by atomic mass is 10.1. The first-order chi connectivity index (χ1) is 12.3. The van der Waals surface area contributed by atoms with Crippen molar-refractivity contribution in [2.45, 2.75) is 32.8 Å². The van der Waals surface area contributed by atoms with Gasteiger partial charge in [0.2, 0.25) is 0 Å². The number of nitrogens with zero attached hydrogens (tertiary/aromatic N) is 3. The molecule has 0 fully saturated rings. The van der Waals surface area contributed by atoms with Crippen LogP contribution in [0.1, 0.15) is 17.1 Å². The van der Waals surface area contributed by atoms with E-state index in [9.17, 15) is 13.2 Å². The van der Waals surface area contributed by atoms with Crippen LogP contribution in [0.3, 0.4) is 0 Å². The van der Waals surface area contributed by atoms with Crippen LogP contribution in [0.4, 0.5) is 13.2 Å². The highest BCUT2D eigenvalue weighted by Crippen LogP contribution is 2.14. The van der Waals surface area contributed by atoms with E-state index in [0.717, 1.165) is 43.4 Å². The maximum atomic E-state index is 10.6. The van der Waals surface area contributed by atoms with Crippen molar-refractivity contribution in [1.29, 1.82) is 0 Å². The standard InChI is InChI=1S/C13H18N4O2.C2HF3O2/c1-10-13-9-18-8-11(7-17(13)16-15-10)5-14-6-12-3-2-4-19-12;3-2(4,5)1(6)7/h2-4,11,14H,5-9H2,1H3;(H,6,7). The van der Waals surface area contributed by atoms with Crippen LogP contribution in [-0.2, 0) is 29.2 Å². The van der Waals surface area contributed by atoms with Crippen molar-refractivity contribution in [3.05, 3.63) is 35.5 Å². The summed E-state index contributed by atoms with van der Waals surface area (Å²) in [6.07, 6.45) is -3.39. The molecule has 1 unspecified atom stereocenters. The van der Waals surface area contributed by atoms with Crippen LogP contribution in [0.15, 0.2) is 22.8 Å². The third kappa shape index (κ3) is 5.85. The number of fused-ring (bicyclic) bond motifs is 1. The maximum Gasteiger partial charge on any atom is 0.490 e. The Kier molecular flexibility index (Phi) is 6.75. The molecule has 2 N–H and O–H groups in total. The Morgan fingerprint density at radius 2 is 2.23 bits per heavy atom. The number of carboxylic acid groups (broad SMARTS) is 1. The third-order valence-corrected chi connectivity index (χ3v) is 3.61. The van der Waals surface area contributed by atoms with E-state index in [1.54, 1.807) is 6.26 Å². The summed E-state index contributed by atoms with van der Waals surface area (Å²) in [6.45, 7) is 5.78. The maximum absolute atomic E-state index is 10.6. The van der Waals surface area contributed by atoms with Gasteiger partial charge in [-0.15, -0.1) is 5.10 Å². The van der Waals surface area contributed by atoms with E-state index >= 15 is 0 Å². The number of rotatable bonds is 4. The molecule has 0 saturated carbocycles. The molecule has 0 aliphatic carbocycles. The van der Waals surface area contributed by atoms with Gasteiger partial charge in [0, 0.05) is 19.0 Å². The summed E-state index contributed by atoms with van der Waals surface area (Å²) in [6, 6.07) is 3.87. The van der Waals surface area contributed by atoms with Crippen molar-refractivity contribution < 1.29 is 32.2 Å². The number of halogens is 3. The molecule has 0 aromatic carbocycles. The number of carboxylic acids is 1. The summed E-state index contributed by atoms with van der Waals surface area (Å²) >= 11 is 0. The molecule has 0 bridgehead atoms. The van der Waals surface area contributed by atoms with Gasteiger partial charge in [0.25, 0.3) is 0 Å². The van der Waals surface area contributed by atoms with E-state index in [1.165, 1.54) is 0 Å². The fourth-order valence-corrected chi connectivity index (χ4v) is 2.30. The van der Waals surface area contributed by atoms with E-state index in [-0.39, 0.29) is 0 Å². The predicted octanol–water partition coefficient (Wildman–Crippen LogP) is 1.75. The quantitative estimate of drug-likeness (QED) is 0.838. The number of aryl methyl sites for hydroxylation is 1. The van der Waals surface area contributed by atoms with E-state index in [1.807, 2.05) is 23.7 Å². The zero-order valence-corrected chi connectivity index (χ0v) is 14.0. The number of carbonyl (C=O) groups is 1. The molecule has 2 aromatic rings. The fourth-order valence-electron chi connectivity index (χ4n) is 2.30. The van der Waals surface area contributed by atoms with Crippen LogP contribution < -0.4 is 5.32 Å². The number of furan rings is 1. The van der Waals surface area contributed by atoms with E-state index < -0.39 is 12.1 Å². The minimum absolute atomic E-state index is 0.400. The Morgan fingerprint density at radius 1 is 1.50 bits per heavy atom. The van der Waals surface area contributed by atoms with Gasteiger partial charge in [-0.3, -0.25) is 0 Å². The second-order valence-corrected chi connectivity index (χ2v) is 5.70. The van der Waals surface area contributed by atoms with Crippen molar-refractivity contribution in [3.63, 3.8) is 0 Å². The van der Waals surface area contributed by atoms with Crippen LogP contribution in [0.25, 0.3) is 0 Å². The summed E-state index contributed by atoms with van der Waals surface area (Å²) in [7, 11) is 0. The number of nitrogens with one attached hydrogen (secondary N) is 1. The van der Waals surface area contributed by atoms with Crippen molar-refractivity contribution in [1.82, 2.24) is 20.3 Å². The lowest BCUT2D eigenvalue weighted by molar-refractivity contribution is -0.192. The fraction of sp³-hybridized carbons (Fsp3) is 0.533. The molecule has 2 aromatic heterocycles. The number of aliphatic carboxylic acids is 1. The minimum atomic E-state index is -5.08. The van der Waals surface area contributed by atoms with E-state index in [4.69, 9.17) is 19.1 Å². The van der Waals surface area contributed by atoms with Crippen molar-refractivity contribution in [2.24, 2.45) is 5.92 Å². The van der Waals surface area contributed by atoms with Crippen LogP contribution >= 0.6 is 0 Å². The molecule has 0 spiro atoms. The monoisotopic (exact) mass is 376 g/mol. The smallest absolute Gasteiger partial charge is 0.475 e. The lowest BCUT2D eigenvalue weighted by Gasteiger charge is -2.14. The van der Waals surface area contributed by atoms with Gasteiger partial charge < -0.3 is 19.6 Å². The van der Waals surface area contributed by atoms with Crippen LogP contribution in [0.5, 0.6) is 0 Å². The summed E-state index contributed by atoms with van der Waals surface area (Å²) in [5.41, 5.74) is 2.05.